The first-order chi connectivity index (χ1) is 14.6. The van der Waals surface area contributed by atoms with Crippen molar-refractivity contribution < 1.29 is 4.79 Å². The lowest BCUT2D eigenvalue weighted by molar-refractivity contribution is -0.115. The average molecular weight is 456 g/mol. The number of pyridine rings is 1. The molecule has 0 bridgehead atoms. The summed E-state index contributed by atoms with van der Waals surface area (Å²) in [5.74, 6) is 1.09. The van der Waals surface area contributed by atoms with Crippen molar-refractivity contribution in [3.63, 3.8) is 0 Å². The van der Waals surface area contributed by atoms with Crippen LogP contribution in [0.2, 0.25) is 5.02 Å². The number of nitrogens with zero attached hydrogens (tertiary/aromatic N) is 4. The molecular formula is C21H18ClN5OS2. The normalized spacial score (nSPS) is 11.9. The lowest BCUT2D eigenvalue weighted by Crippen LogP contribution is -2.23. The van der Waals surface area contributed by atoms with Crippen molar-refractivity contribution in [3.05, 3.63) is 76.8 Å². The number of benzene rings is 1. The Labute approximate surface area is 187 Å². The maximum absolute atomic E-state index is 12.6. The summed E-state index contributed by atoms with van der Waals surface area (Å²) in [6.07, 6.45) is 1.50. The molecule has 0 spiro atoms. The molecule has 0 saturated heterocycles. The molecule has 1 N–H and O–H groups in total. The number of hydrogen-bond acceptors (Lipinski definition) is 6. The number of halogens is 1. The quantitative estimate of drug-likeness (QED) is 0.386. The number of amides is 1. The fourth-order valence-electron chi connectivity index (χ4n) is 2.76. The Morgan fingerprint density at radius 1 is 1.17 bits per heavy atom. The van der Waals surface area contributed by atoms with Gasteiger partial charge in [0, 0.05) is 6.20 Å². The van der Waals surface area contributed by atoms with Gasteiger partial charge in [-0.2, -0.15) is 0 Å². The van der Waals surface area contributed by atoms with Gasteiger partial charge >= 0.3 is 0 Å². The topological polar surface area (TPSA) is 72.7 Å². The molecule has 0 fully saturated rings. The lowest BCUT2D eigenvalue weighted by atomic mass is 10.2. The smallest absolute Gasteiger partial charge is 0.238 e. The van der Waals surface area contributed by atoms with Gasteiger partial charge in [-0.3, -0.25) is 9.36 Å². The van der Waals surface area contributed by atoms with Gasteiger partial charge in [0.05, 0.1) is 21.7 Å². The second-order valence-electron chi connectivity index (χ2n) is 6.47. The largest absolute Gasteiger partial charge is 0.310 e. The van der Waals surface area contributed by atoms with Crippen LogP contribution in [0.5, 0.6) is 0 Å². The minimum Gasteiger partial charge on any atom is -0.310 e. The van der Waals surface area contributed by atoms with Crippen LogP contribution in [0.4, 0.5) is 5.82 Å². The van der Waals surface area contributed by atoms with Crippen molar-refractivity contribution in [1.29, 1.82) is 0 Å². The zero-order valence-electron chi connectivity index (χ0n) is 16.0. The number of hydrogen-bond donors (Lipinski definition) is 1. The molecule has 9 heteroatoms. The third kappa shape index (κ3) is 4.89. The average Bonchev–Trinajstić information content (AvgIpc) is 3.41. The summed E-state index contributed by atoms with van der Waals surface area (Å²) in [6.45, 7) is 2.46. The molecule has 1 aromatic carbocycles. The molecule has 0 radical (unpaired) electrons. The van der Waals surface area contributed by atoms with Gasteiger partial charge in [0.2, 0.25) is 5.91 Å². The van der Waals surface area contributed by atoms with Crippen molar-refractivity contribution in [3.8, 4) is 10.7 Å². The fourth-order valence-corrected chi connectivity index (χ4v) is 4.44. The van der Waals surface area contributed by atoms with E-state index in [0.29, 0.717) is 22.5 Å². The molecule has 0 aliphatic rings. The third-order valence-electron chi connectivity index (χ3n) is 4.27. The van der Waals surface area contributed by atoms with Gasteiger partial charge in [-0.15, -0.1) is 21.5 Å². The third-order valence-corrected chi connectivity index (χ3v) is 6.44. The molecule has 0 unspecified atom stereocenters. The molecule has 4 aromatic rings. The predicted molar refractivity (Wildman–Crippen MR) is 122 cm³/mol. The SMILES string of the molecule is C[C@H](Sc1nnc(-c2cccs2)n1Cc1ccccc1)C(=O)Nc1ccc(Cl)cn1. The first-order valence-electron chi connectivity index (χ1n) is 9.20. The van der Waals surface area contributed by atoms with E-state index in [0.717, 1.165) is 16.3 Å². The molecule has 30 heavy (non-hydrogen) atoms. The van der Waals surface area contributed by atoms with E-state index in [2.05, 4.69) is 37.2 Å². The Balaban J connectivity index is 1.55. The highest BCUT2D eigenvalue weighted by atomic mass is 35.5. The summed E-state index contributed by atoms with van der Waals surface area (Å²) in [5, 5.41) is 14.4. The van der Waals surface area contributed by atoms with Crippen LogP contribution in [0.1, 0.15) is 12.5 Å². The molecule has 4 rings (SSSR count). The second-order valence-corrected chi connectivity index (χ2v) is 9.16. The summed E-state index contributed by atoms with van der Waals surface area (Å²) >= 11 is 8.83. The van der Waals surface area contributed by atoms with E-state index in [1.54, 1.807) is 23.5 Å². The number of aromatic nitrogens is 4. The zero-order chi connectivity index (χ0) is 20.9. The second kappa shape index (κ2) is 9.42. The molecule has 3 aromatic heterocycles. The highest BCUT2D eigenvalue weighted by molar-refractivity contribution is 8.00. The van der Waals surface area contributed by atoms with Crippen LogP contribution in [-0.2, 0) is 11.3 Å². The van der Waals surface area contributed by atoms with Crippen molar-refractivity contribution in [2.75, 3.05) is 5.32 Å². The number of nitrogens with one attached hydrogen (secondary N) is 1. The van der Waals surface area contributed by atoms with Crippen LogP contribution in [0.3, 0.4) is 0 Å². The number of thioether (sulfide) groups is 1. The lowest BCUT2D eigenvalue weighted by Gasteiger charge is -2.13. The molecule has 1 amide bonds. The van der Waals surface area contributed by atoms with E-state index in [4.69, 9.17) is 11.6 Å². The summed E-state index contributed by atoms with van der Waals surface area (Å²) < 4.78 is 2.05. The van der Waals surface area contributed by atoms with E-state index in [9.17, 15) is 4.79 Å². The Hall–Kier alpha value is -2.68. The van der Waals surface area contributed by atoms with E-state index in [1.165, 1.54) is 18.0 Å². The molecule has 152 valence electrons. The van der Waals surface area contributed by atoms with Crippen molar-refractivity contribution in [2.24, 2.45) is 0 Å². The van der Waals surface area contributed by atoms with Gasteiger partial charge < -0.3 is 5.32 Å². The Morgan fingerprint density at radius 3 is 2.70 bits per heavy atom. The Morgan fingerprint density at radius 2 is 2.00 bits per heavy atom. The van der Waals surface area contributed by atoms with Crippen LogP contribution < -0.4 is 5.32 Å². The van der Waals surface area contributed by atoms with Gasteiger partial charge in [0.15, 0.2) is 11.0 Å². The van der Waals surface area contributed by atoms with Gasteiger partial charge in [-0.1, -0.05) is 59.8 Å². The van der Waals surface area contributed by atoms with Crippen LogP contribution in [0, 0.1) is 0 Å². The number of carbonyl (C=O) groups is 1. The Kier molecular flexibility index (Phi) is 6.47. The van der Waals surface area contributed by atoms with Crippen LogP contribution in [0.15, 0.2) is 71.3 Å². The summed E-state index contributed by atoms with van der Waals surface area (Å²) in [4.78, 5) is 17.8. The van der Waals surface area contributed by atoms with Crippen molar-refractivity contribution in [1.82, 2.24) is 19.7 Å². The first kappa shape index (κ1) is 20.6. The molecular weight excluding hydrogens is 438 g/mol. The Bertz CT molecular complexity index is 1110. The van der Waals surface area contributed by atoms with E-state index >= 15 is 0 Å². The van der Waals surface area contributed by atoms with Gasteiger partial charge in [-0.25, -0.2) is 4.98 Å². The summed E-state index contributed by atoms with van der Waals surface area (Å²) in [7, 11) is 0. The van der Waals surface area contributed by atoms with Crippen molar-refractivity contribution >= 4 is 46.4 Å². The molecule has 6 nitrogen and oxygen atoms in total. The minimum atomic E-state index is -0.391. The highest BCUT2D eigenvalue weighted by Crippen LogP contribution is 2.30. The van der Waals surface area contributed by atoms with Crippen LogP contribution in [-0.4, -0.2) is 30.9 Å². The monoisotopic (exact) mass is 455 g/mol. The number of carbonyl (C=O) groups excluding carboxylic acids is 1. The molecule has 0 aliphatic carbocycles. The molecule has 3 heterocycles. The maximum atomic E-state index is 12.6. The number of rotatable bonds is 7. The van der Waals surface area contributed by atoms with Crippen molar-refractivity contribution in [2.45, 2.75) is 23.9 Å². The molecule has 0 saturated carbocycles. The zero-order valence-corrected chi connectivity index (χ0v) is 18.4. The predicted octanol–water partition coefficient (Wildman–Crippen LogP) is 5.22. The standard InChI is InChI=1S/C21H18ClN5OS2/c1-14(20(28)24-18-10-9-16(22)12-23-18)30-21-26-25-19(17-8-5-11-29-17)27(21)13-15-6-3-2-4-7-15/h2-12,14H,13H2,1H3,(H,23,24,28)/t14-/m0/s1. The van der Waals surface area contributed by atoms with Gasteiger partial charge in [0.1, 0.15) is 5.82 Å². The number of anilines is 1. The fraction of sp³-hybridized carbons (Fsp3) is 0.143. The first-order valence-corrected chi connectivity index (χ1v) is 11.3. The summed E-state index contributed by atoms with van der Waals surface area (Å²) in [6, 6.07) is 17.5. The highest BCUT2D eigenvalue weighted by Gasteiger charge is 2.21. The van der Waals surface area contributed by atoms with Gasteiger partial charge in [-0.05, 0) is 36.1 Å². The maximum Gasteiger partial charge on any atom is 0.238 e. The van der Waals surface area contributed by atoms with Gasteiger partial charge in [0.25, 0.3) is 0 Å². The van der Waals surface area contributed by atoms with E-state index < -0.39 is 5.25 Å². The van der Waals surface area contributed by atoms with Crippen LogP contribution >= 0.6 is 34.7 Å². The summed E-state index contributed by atoms with van der Waals surface area (Å²) in [5.41, 5.74) is 1.14. The molecule has 0 aliphatic heterocycles. The minimum absolute atomic E-state index is 0.165. The van der Waals surface area contributed by atoms with E-state index in [1.807, 2.05) is 42.6 Å². The number of thiophene rings is 1. The van der Waals surface area contributed by atoms with E-state index in [-0.39, 0.29) is 5.91 Å². The van der Waals surface area contributed by atoms with Crippen LogP contribution in [0.25, 0.3) is 10.7 Å². The molecule has 1 atom stereocenters.